The lowest BCUT2D eigenvalue weighted by Gasteiger charge is -2.03. The number of aromatic nitrogens is 1. The summed E-state index contributed by atoms with van der Waals surface area (Å²) in [6, 6.07) is 3.93. The van der Waals surface area contributed by atoms with Gasteiger partial charge in [-0.25, -0.2) is 9.78 Å². The lowest BCUT2D eigenvalue weighted by Crippen LogP contribution is -2.30. The van der Waals surface area contributed by atoms with Gasteiger partial charge < -0.3 is 27.4 Å². The Hall–Kier alpha value is -2.68. The molecule has 9 heteroatoms. The van der Waals surface area contributed by atoms with Gasteiger partial charge in [-0.05, 0) is 25.0 Å². The molecule has 1 atom stereocenters. The lowest BCUT2D eigenvalue weighted by atomic mass is 10.2. The van der Waals surface area contributed by atoms with Crippen LogP contribution in [0.25, 0.3) is 0 Å². The van der Waals surface area contributed by atoms with Gasteiger partial charge in [0, 0.05) is 12.7 Å². The first-order valence-electron chi connectivity index (χ1n) is 6.02. The first kappa shape index (κ1) is 18.3. The van der Waals surface area contributed by atoms with Crippen LogP contribution in [0.15, 0.2) is 29.4 Å². The Morgan fingerprint density at radius 2 is 1.95 bits per heavy atom. The molecule has 0 amide bonds. The first-order chi connectivity index (χ1) is 9.84. The third kappa shape index (κ3) is 9.85. The van der Waals surface area contributed by atoms with Gasteiger partial charge in [0.15, 0.2) is 5.96 Å². The number of nitrogens with zero attached hydrogens (tertiary/aromatic N) is 2. The Morgan fingerprint density at radius 3 is 2.33 bits per heavy atom. The van der Waals surface area contributed by atoms with Gasteiger partial charge in [-0.3, -0.25) is 9.79 Å². The maximum absolute atomic E-state index is 10.2. The summed E-state index contributed by atoms with van der Waals surface area (Å²) in [5.74, 6) is -1.98. The van der Waals surface area contributed by atoms with E-state index in [2.05, 4.69) is 9.98 Å². The molecule has 0 aliphatic carbocycles. The van der Waals surface area contributed by atoms with Crippen LogP contribution in [0.3, 0.4) is 0 Å². The second-order valence-electron chi connectivity index (χ2n) is 3.91. The molecule has 8 N–H and O–H groups in total. The van der Waals surface area contributed by atoms with E-state index in [4.69, 9.17) is 27.4 Å². The number of guanidine groups is 1. The Kier molecular flexibility index (Phi) is 8.85. The minimum Gasteiger partial charge on any atom is -0.480 e. The van der Waals surface area contributed by atoms with Gasteiger partial charge in [-0.1, -0.05) is 6.07 Å². The average molecular weight is 297 g/mol. The quantitative estimate of drug-likeness (QED) is 0.258. The number of carboxylic acid groups (broad SMARTS) is 2. The fourth-order valence-electron chi connectivity index (χ4n) is 1.13. The molecule has 1 heterocycles. The van der Waals surface area contributed by atoms with Crippen LogP contribution in [0.4, 0.5) is 0 Å². The van der Waals surface area contributed by atoms with Gasteiger partial charge in [-0.2, -0.15) is 0 Å². The Labute approximate surface area is 121 Å². The van der Waals surface area contributed by atoms with Crippen LogP contribution in [0, 0.1) is 0 Å². The van der Waals surface area contributed by atoms with Gasteiger partial charge in [0.05, 0.1) is 0 Å². The highest BCUT2D eigenvalue weighted by molar-refractivity contribution is 5.85. The fourth-order valence-corrected chi connectivity index (χ4v) is 1.13. The van der Waals surface area contributed by atoms with Crippen molar-refractivity contribution >= 4 is 17.9 Å². The van der Waals surface area contributed by atoms with Crippen LogP contribution in [0.5, 0.6) is 0 Å². The van der Waals surface area contributed by atoms with Gasteiger partial charge >= 0.3 is 11.9 Å². The maximum Gasteiger partial charge on any atom is 0.354 e. The summed E-state index contributed by atoms with van der Waals surface area (Å²) in [6.07, 6.45) is 2.40. The molecule has 0 fully saturated rings. The zero-order valence-corrected chi connectivity index (χ0v) is 11.3. The van der Waals surface area contributed by atoms with Gasteiger partial charge in [0.25, 0.3) is 0 Å². The standard InChI is InChI=1S/C6H14N4O2.C6H5NO2/c7-4(5(11)12)2-1-3-10-6(8)9;8-6(9)5-3-1-2-4-7-5/h4H,1-3,7H2,(H,11,12)(H4,8,9,10);1-4H,(H,8,9). The van der Waals surface area contributed by atoms with Crippen LogP contribution in [0.1, 0.15) is 23.3 Å². The molecule has 0 aliphatic heterocycles. The third-order valence-corrected chi connectivity index (χ3v) is 2.17. The van der Waals surface area contributed by atoms with Crippen molar-refractivity contribution in [1.82, 2.24) is 4.98 Å². The topological polar surface area (TPSA) is 178 Å². The molecule has 21 heavy (non-hydrogen) atoms. The Balaban J connectivity index is 0.000000394. The molecular weight excluding hydrogens is 278 g/mol. The number of hydrogen-bond donors (Lipinski definition) is 5. The van der Waals surface area contributed by atoms with E-state index in [9.17, 15) is 9.59 Å². The third-order valence-electron chi connectivity index (χ3n) is 2.17. The molecule has 0 bridgehead atoms. The van der Waals surface area contributed by atoms with E-state index in [-0.39, 0.29) is 11.7 Å². The van der Waals surface area contributed by atoms with Crippen LogP contribution in [-0.2, 0) is 4.79 Å². The zero-order valence-electron chi connectivity index (χ0n) is 11.3. The second kappa shape index (κ2) is 10.1. The molecule has 0 aliphatic rings. The van der Waals surface area contributed by atoms with E-state index in [1.54, 1.807) is 12.1 Å². The van der Waals surface area contributed by atoms with Crippen molar-refractivity contribution in [2.45, 2.75) is 18.9 Å². The molecule has 1 aromatic rings. The number of rotatable bonds is 6. The molecule has 0 saturated heterocycles. The highest BCUT2D eigenvalue weighted by Crippen LogP contribution is 1.94. The maximum atomic E-state index is 10.2. The van der Waals surface area contributed by atoms with Crippen molar-refractivity contribution in [3.8, 4) is 0 Å². The van der Waals surface area contributed by atoms with Gasteiger partial charge in [0.1, 0.15) is 11.7 Å². The molecule has 1 rings (SSSR count). The molecule has 0 aromatic carbocycles. The molecule has 9 nitrogen and oxygen atoms in total. The van der Waals surface area contributed by atoms with Gasteiger partial charge in [-0.15, -0.1) is 0 Å². The van der Waals surface area contributed by atoms with Crippen molar-refractivity contribution in [3.05, 3.63) is 30.1 Å². The summed E-state index contributed by atoms with van der Waals surface area (Å²) >= 11 is 0. The predicted octanol–water partition coefficient (Wildman–Crippen LogP) is -0.768. The van der Waals surface area contributed by atoms with E-state index in [0.717, 1.165) is 0 Å². The number of nitrogens with two attached hydrogens (primary N) is 3. The predicted molar refractivity (Wildman–Crippen MR) is 76.7 cm³/mol. The normalized spacial score (nSPS) is 10.7. The van der Waals surface area contributed by atoms with E-state index in [1.165, 1.54) is 12.3 Å². The van der Waals surface area contributed by atoms with Gasteiger partial charge in [0.2, 0.25) is 0 Å². The lowest BCUT2D eigenvalue weighted by molar-refractivity contribution is -0.138. The molecule has 1 aromatic heterocycles. The van der Waals surface area contributed by atoms with Crippen molar-refractivity contribution in [2.24, 2.45) is 22.2 Å². The molecule has 1 unspecified atom stereocenters. The number of aromatic carboxylic acids is 1. The minimum atomic E-state index is -1.00. The van der Waals surface area contributed by atoms with E-state index in [0.29, 0.717) is 19.4 Å². The number of pyridine rings is 1. The number of carboxylic acids is 2. The Morgan fingerprint density at radius 1 is 1.29 bits per heavy atom. The number of aliphatic imine (C=N–C) groups is 1. The Bertz CT molecular complexity index is 474. The summed E-state index contributed by atoms with van der Waals surface area (Å²) in [5, 5.41) is 16.7. The number of carbonyl (C=O) groups is 2. The smallest absolute Gasteiger partial charge is 0.354 e. The monoisotopic (exact) mass is 297 g/mol. The summed E-state index contributed by atoms with van der Waals surface area (Å²) in [4.78, 5) is 27.6. The number of hydrogen-bond acceptors (Lipinski definition) is 5. The molecular formula is C12H19N5O4. The first-order valence-corrected chi connectivity index (χ1v) is 6.02. The summed E-state index contributed by atoms with van der Waals surface area (Å²) in [7, 11) is 0. The summed E-state index contributed by atoms with van der Waals surface area (Å²) in [6.45, 7) is 0.420. The second-order valence-corrected chi connectivity index (χ2v) is 3.91. The van der Waals surface area contributed by atoms with E-state index < -0.39 is 18.0 Å². The van der Waals surface area contributed by atoms with Crippen LogP contribution in [-0.4, -0.2) is 45.7 Å². The van der Waals surface area contributed by atoms with Crippen LogP contribution in [0.2, 0.25) is 0 Å². The van der Waals surface area contributed by atoms with E-state index in [1.807, 2.05) is 0 Å². The highest BCUT2D eigenvalue weighted by atomic mass is 16.4. The van der Waals surface area contributed by atoms with Crippen molar-refractivity contribution in [3.63, 3.8) is 0 Å². The van der Waals surface area contributed by atoms with Crippen LogP contribution >= 0.6 is 0 Å². The van der Waals surface area contributed by atoms with Crippen LogP contribution < -0.4 is 17.2 Å². The summed E-state index contributed by atoms with van der Waals surface area (Å²) in [5.41, 5.74) is 15.4. The fraction of sp³-hybridized carbons (Fsp3) is 0.333. The summed E-state index contributed by atoms with van der Waals surface area (Å²) < 4.78 is 0. The molecule has 0 radical (unpaired) electrons. The van der Waals surface area contributed by atoms with Crippen molar-refractivity contribution in [2.75, 3.05) is 6.54 Å². The average Bonchev–Trinajstić information content (AvgIpc) is 2.44. The largest absolute Gasteiger partial charge is 0.480 e. The highest BCUT2D eigenvalue weighted by Gasteiger charge is 2.09. The molecule has 0 spiro atoms. The number of aliphatic carboxylic acids is 1. The molecule has 116 valence electrons. The van der Waals surface area contributed by atoms with E-state index >= 15 is 0 Å². The molecule has 0 saturated carbocycles. The SMILES string of the molecule is NC(N)=NCCCC(N)C(=O)O.O=C(O)c1ccccn1. The van der Waals surface area contributed by atoms with Crippen molar-refractivity contribution < 1.29 is 19.8 Å². The van der Waals surface area contributed by atoms with Crippen molar-refractivity contribution in [1.29, 1.82) is 0 Å². The zero-order chi connectivity index (χ0) is 16.3. The minimum absolute atomic E-state index is 0.0129.